The molecule has 0 amide bonds. The van der Waals surface area contributed by atoms with Crippen LogP contribution in [0.1, 0.15) is 11.4 Å². The number of rotatable bonds is 5. The van der Waals surface area contributed by atoms with Gasteiger partial charge in [0.25, 0.3) is 0 Å². The lowest BCUT2D eigenvalue weighted by atomic mass is 10.2. The molecule has 0 spiro atoms. The van der Waals surface area contributed by atoms with Crippen LogP contribution in [0.25, 0.3) is 0 Å². The van der Waals surface area contributed by atoms with E-state index in [0.717, 1.165) is 5.56 Å². The SMILES string of the molecule is COCc1nc(Cl)cc(Oc2ccc(C)cc2OC)n1. The molecule has 0 unspecified atom stereocenters. The molecule has 0 N–H and O–H groups in total. The molecule has 1 aromatic heterocycles. The van der Waals surface area contributed by atoms with Gasteiger partial charge in [0.05, 0.1) is 7.11 Å². The van der Waals surface area contributed by atoms with Crippen molar-refractivity contribution in [3.8, 4) is 17.4 Å². The lowest BCUT2D eigenvalue weighted by Crippen LogP contribution is -2.00. The fraction of sp³-hybridized carbons (Fsp3) is 0.286. The van der Waals surface area contributed by atoms with Gasteiger partial charge in [-0.25, -0.2) is 4.98 Å². The summed E-state index contributed by atoms with van der Waals surface area (Å²) in [6.45, 7) is 2.24. The second-order valence-electron chi connectivity index (χ2n) is 4.13. The van der Waals surface area contributed by atoms with Gasteiger partial charge < -0.3 is 14.2 Å². The number of aromatic nitrogens is 2. The van der Waals surface area contributed by atoms with Crippen LogP contribution < -0.4 is 9.47 Å². The molecule has 0 radical (unpaired) electrons. The van der Waals surface area contributed by atoms with Crippen LogP contribution in [0, 0.1) is 6.92 Å². The summed E-state index contributed by atoms with van der Waals surface area (Å²) in [5, 5.41) is 0.299. The largest absolute Gasteiger partial charge is 0.493 e. The first-order chi connectivity index (χ1) is 9.62. The van der Waals surface area contributed by atoms with Gasteiger partial charge in [-0.1, -0.05) is 17.7 Å². The van der Waals surface area contributed by atoms with E-state index in [9.17, 15) is 0 Å². The molecule has 5 nitrogen and oxygen atoms in total. The molecule has 1 heterocycles. The highest BCUT2D eigenvalue weighted by atomic mass is 35.5. The van der Waals surface area contributed by atoms with E-state index < -0.39 is 0 Å². The van der Waals surface area contributed by atoms with Gasteiger partial charge in [-0.3, -0.25) is 0 Å². The second-order valence-corrected chi connectivity index (χ2v) is 4.52. The Morgan fingerprint density at radius 1 is 1.10 bits per heavy atom. The van der Waals surface area contributed by atoms with Crippen LogP contribution in [0.3, 0.4) is 0 Å². The molecule has 0 atom stereocenters. The maximum atomic E-state index is 5.93. The molecule has 106 valence electrons. The zero-order valence-electron chi connectivity index (χ0n) is 11.5. The first-order valence-electron chi connectivity index (χ1n) is 5.97. The number of benzene rings is 1. The van der Waals surface area contributed by atoms with E-state index in [0.29, 0.717) is 28.4 Å². The first-order valence-corrected chi connectivity index (χ1v) is 6.35. The maximum absolute atomic E-state index is 5.93. The third-order valence-electron chi connectivity index (χ3n) is 2.52. The third-order valence-corrected chi connectivity index (χ3v) is 2.72. The van der Waals surface area contributed by atoms with E-state index in [2.05, 4.69) is 9.97 Å². The van der Waals surface area contributed by atoms with Crippen LogP contribution >= 0.6 is 11.6 Å². The Labute approximate surface area is 122 Å². The standard InChI is InChI=1S/C14H15ClN2O3/c1-9-4-5-10(11(6-9)19-3)20-14-7-12(15)16-13(17-14)8-18-2/h4-7H,8H2,1-3H3. The second kappa shape index (κ2) is 6.54. The molecule has 0 fully saturated rings. The monoisotopic (exact) mass is 294 g/mol. The van der Waals surface area contributed by atoms with E-state index in [1.807, 2.05) is 25.1 Å². The third kappa shape index (κ3) is 3.59. The zero-order valence-corrected chi connectivity index (χ0v) is 12.3. The van der Waals surface area contributed by atoms with Crippen molar-refractivity contribution in [3.05, 3.63) is 40.8 Å². The molecular weight excluding hydrogens is 280 g/mol. The first kappa shape index (κ1) is 14.6. The summed E-state index contributed by atoms with van der Waals surface area (Å²) in [5.41, 5.74) is 1.08. The van der Waals surface area contributed by atoms with Crippen molar-refractivity contribution >= 4 is 11.6 Å². The fourth-order valence-corrected chi connectivity index (χ4v) is 1.85. The predicted molar refractivity (Wildman–Crippen MR) is 75.6 cm³/mol. The van der Waals surface area contributed by atoms with Crippen molar-refractivity contribution in [1.82, 2.24) is 9.97 Å². The van der Waals surface area contributed by atoms with Gasteiger partial charge in [-0.2, -0.15) is 4.98 Å². The average molecular weight is 295 g/mol. The molecule has 0 saturated carbocycles. The van der Waals surface area contributed by atoms with Crippen molar-refractivity contribution in [3.63, 3.8) is 0 Å². The van der Waals surface area contributed by atoms with Gasteiger partial charge in [-0.15, -0.1) is 0 Å². The average Bonchev–Trinajstić information content (AvgIpc) is 2.40. The quantitative estimate of drug-likeness (QED) is 0.791. The molecule has 2 aromatic rings. The lowest BCUT2D eigenvalue weighted by Gasteiger charge is -2.11. The van der Waals surface area contributed by atoms with Crippen LogP contribution in [0.5, 0.6) is 17.4 Å². The molecule has 0 aliphatic carbocycles. The molecular formula is C14H15ClN2O3. The highest BCUT2D eigenvalue weighted by molar-refractivity contribution is 6.29. The molecule has 20 heavy (non-hydrogen) atoms. The van der Waals surface area contributed by atoms with Crippen molar-refractivity contribution in [2.45, 2.75) is 13.5 Å². The minimum Gasteiger partial charge on any atom is -0.493 e. The van der Waals surface area contributed by atoms with Crippen LogP contribution in [-0.2, 0) is 11.3 Å². The number of nitrogens with zero attached hydrogens (tertiary/aromatic N) is 2. The van der Waals surface area contributed by atoms with E-state index in [1.165, 1.54) is 0 Å². The molecule has 0 aliphatic rings. The van der Waals surface area contributed by atoms with Crippen LogP contribution in [0.2, 0.25) is 5.15 Å². The minimum atomic E-state index is 0.266. The Morgan fingerprint density at radius 3 is 2.60 bits per heavy atom. The van der Waals surface area contributed by atoms with Gasteiger partial charge in [0, 0.05) is 13.2 Å². The summed E-state index contributed by atoms with van der Waals surface area (Å²) >= 11 is 5.93. The van der Waals surface area contributed by atoms with Crippen molar-refractivity contribution in [2.75, 3.05) is 14.2 Å². The van der Waals surface area contributed by atoms with E-state index >= 15 is 0 Å². The lowest BCUT2D eigenvalue weighted by molar-refractivity contribution is 0.177. The molecule has 6 heteroatoms. The highest BCUT2D eigenvalue weighted by Gasteiger charge is 2.09. The zero-order chi connectivity index (χ0) is 14.5. The van der Waals surface area contributed by atoms with E-state index in [1.54, 1.807) is 20.3 Å². The van der Waals surface area contributed by atoms with Crippen LogP contribution in [-0.4, -0.2) is 24.2 Å². The minimum absolute atomic E-state index is 0.266. The summed E-state index contributed by atoms with van der Waals surface area (Å²) in [6.07, 6.45) is 0. The van der Waals surface area contributed by atoms with Crippen molar-refractivity contribution < 1.29 is 14.2 Å². The number of ether oxygens (including phenoxy) is 3. The normalized spacial score (nSPS) is 10.4. The van der Waals surface area contributed by atoms with E-state index in [4.69, 9.17) is 25.8 Å². The summed E-state index contributed by atoms with van der Waals surface area (Å²) in [5.74, 6) is 2.00. The number of hydrogen-bond acceptors (Lipinski definition) is 5. The summed E-state index contributed by atoms with van der Waals surface area (Å²) in [4.78, 5) is 8.26. The van der Waals surface area contributed by atoms with Crippen molar-refractivity contribution in [2.24, 2.45) is 0 Å². The molecule has 0 bridgehead atoms. The summed E-state index contributed by atoms with van der Waals surface area (Å²) in [6, 6.07) is 7.17. The fourth-order valence-electron chi connectivity index (χ4n) is 1.66. The van der Waals surface area contributed by atoms with Gasteiger partial charge in [0.15, 0.2) is 17.3 Å². The molecule has 0 saturated heterocycles. The Morgan fingerprint density at radius 2 is 1.90 bits per heavy atom. The smallest absolute Gasteiger partial charge is 0.224 e. The highest BCUT2D eigenvalue weighted by Crippen LogP contribution is 2.32. The van der Waals surface area contributed by atoms with Gasteiger partial charge in [-0.05, 0) is 24.6 Å². The summed E-state index contributed by atoms with van der Waals surface area (Å²) < 4.78 is 16.0. The Balaban J connectivity index is 2.29. The molecule has 1 aromatic carbocycles. The topological polar surface area (TPSA) is 53.5 Å². The Kier molecular flexibility index (Phi) is 4.76. The number of hydrogen-bond donors (Lipinski definition) is 0. The Hall–Kier alpha value is -1.85. The van der Waals surface area contributed by atoms with E-state index in [-0.39, 0.29) is 6.61 Å². The molecule has 0 aliphatic heterocycles. The molecule has 2 rings (SSSR count). The van der Waals surface area contributed by atoms with Gasteiger partial charge >= 0.3 is 0 Å². The van der Waals surface area contributed by atoms with Gasteiger partial charge in [0.1, 0.15) is 11.8 Å². The predicted octanol–water partition coefficient (Wildman–Crippen LogP) is 3.39. The Bertz CT molecular complexity index is 605. The van der Waals surface area contributed by atoms with Crippen LogP contribution in [0.4, 0.5) is 0 Å². The number of halogens is 1. The van der Waals surface area contributed by atoms with Gasteiger partial charge in [0.2, 0.25) is 5.88 Å². The number of aryl methyl sites for hydroxylation is 1. The maximum Gasteiger partial charge on any atom is 0.224 e. The number of methoxy groups -OCH3 is 2. The summed E-state index contributed by atoms with van der Waals surface area (Å²) in [7, 11) is 3.15. The van der Waals surface area contributed by atoms with Crippen LogP contribution in [0.15, 0.2) is 24.3 Å². The van der Waals surface area contributed by atoms with Crippen molar-refractivity contribution in [1.29, 1.82) is 0 Å².